The molecule has 2 aromatic carbocycles. The van der Waals surface area contributed by atoms with Crippen molar-refractivity contribution in [3.05, 3.63) is 64.7 Å². The number of benzene rings is 2. The first-order valence-electron chi connectivity index (χ1n) is 8.45. The number of hydrogen-bond donors (Lipinski definition) is 0. The summed E-state index contributed by atoms with van der Waals surface area (Å²) in [4.78, 5) is 50.0. The molecule has 0 saturated heterocycles. The Bertz CT molecular complexity index is 932. The third-order valence-electron chi connectivity index (χ3n) is 4.03. The molecule has 0 saturated carbocycles. The predicted octanol–water partition coefficient (Wildman–Crippen LogP) is 2.84. The number of hydrogen-bond acceptors (Lipinski definition) is 6. The van der Waals surface area contributed by atoms with Crippen molar-refractivity contribution in [2.45, 2.75) is 13.8 Å². The van der Waals surface area contributed by atoms with Gasteiger partial charge in [0.25, 0.3) is 11.8 Å². The molecule has 1 aliphatic rings. The second kappa shape index (κ2) is 7.41. The van der Waals surface area contributed by atoms with Crippen LogP contribution in [0.3, 0.4) is 0 Å². The van der Waals surface area contributed by atoms with Gasteiger partial charge in [-0.25, -0.2) is 14.5 Å². The van der Waals surface area contributed by atoms with Crippen LogP contribution in [0.4, 0.5) is 5.69 Å². The fraction of sp³-hybridized carbons (Fsp3) is 0.200. The molecular formula is C20H17NO6. The number of esters is 2. The van der Waals surface area contributed by atoms with Gasteiger partial charge in [-0.1, -0.05) is 0 Å². The lowest BCUT2D eigenvalue weighted by Gasteiger charge is -2.14. The van der Waals surface area contributed by atoms with Gasteiger partial charge in [-0.3, -0.25) is 9.59 Å². The van der Waals surface area contributed by atoms with Crippen molar-refractivity contribution in [1.29, 1.82) is 0 Å². The van der Waals surface area contributed by atoms with Crippen LogP contribution in [0.1, 0.15) is 55.3 Å². The molecule has 138 valence electrons. The molecule has 1 heterocycles. The number of fused-ring (bicyclic) bond motifs is 1. The molecule has 7 heteroatoms. The highest BCUT2D eigenvalue weighted by Gasteiger charge is 2.37. The first-order valence-corrected chi connectivity index (χ1v) is 8.45. The van der Waals surface area contributed by atoms with Crippen LogP contribution in [0.2, 0.25) is 0 Å². The number of ether oxygens (including phenoxy) is 2. The average molecular weight is 367 g/mol. The number of carbonyl (C=O) groups is 4. The quantitative estimate of drug-likeness (QED) is 0.596. The molecule has 0 aromatic heterocycles. The van der Waals surface area contributed by atoms with Crippen molar-refractivity contribution in [3.63, 3.8) is 0 Å². The van der Waals surface area contributed by atoms with Crippen molar-refractivity contribution < 1.29 is 28.7 Å². The van der Waals surface area contributed by atoms with Gasteiger partial charge in [0.05, 0.1) is 41.2 Å². The van der Waals surface area contributed by atoms with Crippen LogP contribution in [0, 0.1) is 0 Å². The minimum absolute atomic E-state index is 0.139. The van der Waals surface area contributed by atoms with E-state index < -0.39 is 23.8 Å². The van der Waals surface area contributed by atoms with Gasteiger partial charge in [-0.2, -0.15) is 0 Å². The minimum Gasteiger partial charge on any atom is -0.462 e. The predicted molar refractivity (Wildman–Crippen MR) is 95.9 cm³/mol. The minimum atomic E-state index is -0.558. The molecule has 0 unspecified atom stereocenters. The summed E-state index contributed by atoms with van der Waals surface area (Å²) < 4.78 is 9.84. The Balaban J connectivity index is 1.90. The van der Waals surface area contributed by atoms with E-state index in [0.717, 1.165) is 4.90 Å². The summed E-state index contributed by atoms with van der Waals surface area (Å²) in [7, 11) is 0. The highest BCUT2D eigenvalue weighted by molar-refractivity contribution is 6.34. The molecule has 7 nitrogen and oxygen atoms in total. The number of imide groups is 1. The van der Waals surface area contributed by atoms with Crippen molar-refractivity contribution >= 4 is 29.4 Å². The van der Waals surface area contributed by atoms with Crippen molar-refractivity contribution in [2.24, 2.45) is 0 Å². The van der Waals surface area contributed by atoms with E-state index in [2.05, 4.69) is 0 Å². The Kier molecular flexibility index (Phi) is 5.03. The molecule has 2 aromatic rings. The van der Waals surface area contributed by atoms with Gasteiger partial charge in [-0.05, 0) is 56.3 Å². The lowest BCUT2D eigenvalue weighted by atomic mass is 10.1. The highest BCUT2D eigenvalue weighted by Crippen LogP contribution is 2.29. The van der Waals surface area contributed by atoms with Gasteiger partial charge < -0.3 is 9.47 Å². The maximum Gasteiger partial charge on any atom is 0.338 e. The molecule has 1 aliphatic heterocycles. The first kappa shape index (κ1) is 18.3. The fourth-order valence-corrected chi connectivity index (χ4v) is 2.78. The molecule has 27 heavy (non-hydrogen) atoms. The number of amides is 2. The standard InChI is InChI=1S/C20H17NO6/c1-3-26-19(24)12-5-8-14(9-6-12)21-17(22)15-10-7-13(20(25)27-4-2)11-16(15)18(21)23/h5-11H,3-4H2,1-2H3. The highest BCUT2D eigenvalue weighted by atomic mass is 16.5. The summed E-state index contributed by atoms with van der Waals surface area (Å²) in [5, 5.41) is 0. The molecule has 0 aliphatic carbocycles. The maximum absolute atomic E-state index is 12.7. The summed E-state index contributed by atoms with van der Waals surface area (Å²) in [6.45, 7) is 3.85. The largest absolute Gasteiger partial charge is 0.462 e. The second-order valence-corrected chi connectivity index (χ2v) is 5.69. The molecule has 0 radical (unpaired) electrons. The first-order chi connectivity index (χ1) is 13.0. The Morgan fingerprint density at radius 1 is 0.778 bits per heavy atom. The summed E-state index contributed by atoms with van der Waals surface area (Å²) >= 11 is 0. The van der Waals surface area contributed by atoms with E-state index in [-0.39, 0.29) is 29.9 Å². The van der Waals surface area contributed by atoms with E-state index >= 15 is 0 Å². The van der Waals surface area contributed by atoms with Gasteiger partial charge in [0.2, 0.25) is 0 Å². The van der Waals surface area contributed by atoms with Crippen LogP contribution < -0.4 is 4.90 Å². The van der Waals surface area contributed by atoms with Crippen LogP contribution in [0.25, 0.3) is 0 Å². The van der Waals surface area contributed by atoms with Crippen molar-refractivity contribution in [2.75, 3.05) is 18.1 Å². The molecule has 0 fully saturated rings. The van der Waals surface area contributed by atoms with E-state index in [0.29, 0.717) is 11.3 Å². The maximum atomic E-state index is 12.7. The SMILES string of the molecule is CCOC(=O)c1ccc(N2C(=O)c3ccc(C(=O)OCC)cc3C2=O)cc1. The van der Waals surface area contributed by atoms with E-state index in [4.69, 9.17) is 9.47 Å². The third-order valence-corrected chi connectivity index (χ3v) is 4.03. The molecule has 2 amide bonds. The van der Waals surface area contributed by atoms with E-state index in [9.17, 15) is 19.2 Å². The molecule has 0 atom stereocenters. The second-order valence-electron chi connectivity index (χ2n) is 5.69. The smallest absolute Gasteiger partial charge is 0.338 e. The molecule has 0 spiro atoms. The Hall–Kier alpha value is -3.48. The van der Waals surface area contributed by atoms with Crippen molar-refractivity contribution in [1.82, 2.24) is 0 Å². The van der Waals surface area contributed by atoms with Gasteiger partial charge in [0.1, 0.15) is 0 Å². The summed E-state index contributed by atoms with van der Waals surface area (Å²) in [6, 6.07) is 10.2. The summed E-state index contributed by atoms with van der Waals surface area (Å²) in [5.74, 6) is -2.07. The zero-order valence-corrected chi connectivity index (χ0v) is 14.9. The van der Waals surface area contributed by atoms with E-state index in [1.54, 1.807) is 13.8 Å². The van der Waals surface area contributed by atoms with Gasteiger partial charge in [0.15, 0.2) is 0 Å². The lowest BCUT2D eigenvalue weighted by Crippen LogP contribution is -2.29. The van der Waals surface area contributed by atoms with E-state index in [1.807, 2.05) is 0 Å². The normalized spacial score (nSPS) is 12.7. The zero-order chi connectivity index (χ0) is 19.6. The number of nitrogens with zero attached hydrogens (tertiary/aromatic N) is 1. The van der Waals surface area contributed by atoms with Crippen LogP contribution in [0.15, 0.2) is 42.5 Å². The van der Waals surface area contributed by atoms with Gasteiger partial charge >= 0.3 is 11.9 Å². The van der Waals surface area contributed by atoms with Crippen LogP contribution in [-0.2, 0) is 9.47 Å². The lowest BCUT2D eigenvalue weighted by molar-refractivity contribution is 0.0516. The Labute approximate surface area is 155 Å². The summed E-state index contributed by atoms with van der Waals surface area (Å²) in [5.41, 5.74) is 1.20. The van der Waals surface area contributed by atoms with Crippen LogP contribution in [-0.4, -0.2) is 37.0 Å². The van der Waals surface area contributed by atoms with Gasteiger partial charge in [-0.15, -0.1) is 0 Å². The average Bonchev–Trinajstić information content (AvgIpc) is 2.92. The van der Waals surface area contributed by atoms with Crippen LogP contribution >= 0.6 is 0 Å². The topological polar surface area (TPSA) is 90.0 Å². The molecule has 0 N–H and O–H groups in total. The van der Waals surface area contributed by atoms with Gasteiger partial charge in [0, 0.05) is 0 Å². The zero-order valence-electron chi connectivity index (χ0n) is 14.9. The third kappa shape index (κ3) is 3.31. The Morgan fingerprint density at radius 2 is 1.30 bits per heavy atom. The Morgan fingerprint density at radius 3 is 1.89 bits per heavy atom. The monoisotopic (exact) mass is 367 g/mol. The number of carbonyl (C=O) groups excluding carboxylic acids is 4. The molecule has 0 bridgehead atoms. The van der Waals surface area contributed by atoms with E-state index in [1.165, 1.54) is 42.5 Å². The number of rotatable bonds is 5. The molecular weight excluding hydrogens is 350 g/mol. The van der Waals surface area contributed by atoms with Crippen molar-refractivity contribution in [3.8, 4) is 0 Å². The number of anilines is 1. The molecule has 3 rings (SSSR count). The fourth-order valence-electron chi connectivity index (χ4n) is 2.78. The van der Waals surface area contributed by atoms with Crippen LogP contribution in [0.5, 0.6) is 0 Å². The summed E-state index contributed by atoms with van der Waals surface area (Å²) in [6.07, 6.45) is 0.